The first-order chi connectivity index (χ1) is 11.7. The van der Waals surface area contributed by atoms with Crippen LogP contribution < -0.4 is 4.90 Å². The Hall–Kier alpha value is -2.81. The summed E-state index contributed by atoms with van der Waals surface area (Å²) >= 11 is 0. The molecule has 0 aliphatic heterocycles. The maximum absolute atomic E-state index is 5.69. The topological polar surface area (TPSA) is 28.7 Å². The van der Waals surface area contributed by atoms with Crippen molar-refractivity contribution in [2.45, 2.75) is 6.92 Å². The highest BCUT2D eigenvalue weighted by molar-refractivity contribution is 6.07. The van der Waals surface area contributed by atoms with Crippen LogP contribution >= 0.6 is 0 Å². The van der Waals surface area contributed by atoms with Gasteiger partial charge in [0, 0.05) is 31.9 Å². The van der Waals surface area contributed by atoms with Gasteiger partial charge in [-0.3, -0.25) is 4.99 Å². The second-order valence-corrected chi connectivity index (χ2v) is 5.81. The van der Waals surface area contributed by atoms with Crippen molar-refractivity contribution in [3.8, 4) is 0 Å². The van der Waals surface area contributed by atoms with E-state index in [0.29, 0.717) is 0 Å². The highest BCUT2D eigenvalue weighted by Crippen LogP contribution is 2.31. The van der Waals surface area contributed by atoms with Gasteiger partial charge in [0.1, 0.15) is 5.76 Å². The van der Waals surface area contributed by atoms with E-state index >= 15 is 0 Å². The van der Waals surface area contributed by atoms with E-state index in [1.807, 2.05) is 33.2 Å². The van der Waals surface area contributed by atoms with E-state index in [9.17, 15) is 0 Å². The highest BCUT2D eigenvalue weighted by Gasteiger charge is 2.13. The van der Waals surface area contributed by atoms with Crippen molar-refractivity contribution in [1.82, 2.24) is 0 Å². The molecule has 3 rings (SSSR count). The molecule has 24 heavy (non-hydrogen) atoms. The number of benzene rings is 1. The number of hydrogen-bond donors (Lipinski definition) is 0. The Balaban J connectivity index is 2.06. The molecule has 3 nitrogen and oxygen atoms in total. The number of hydrogen-bond acceptors (Lipinski definition) is 3. The quantitative estimate of drug-likeness (QED) is 0.815. The zero-order valence-corrected chi connectivity index (χ0v) is 14.4. The number of allylic oxidation sites excluding steroid dienone is 5. The molecule has 0 bridgehead atoms. The van der Waals surface area contributed by atoms with Crippen LogP contribution in [-0.4, -0.2) is 26.4 Å². The monoisotopic (exact) mass is 318 g/mol. The summed E-state index contributed by atoms with van der Waals surface area (Å²) in [5, 5.41) is 0. The molecule has 1 heterocycles. The van der Waals surface area contributed by atoms with Gasteiger partial charge < -0.3 is 9.32 Å². The van der Waals surface area contributed by atoms with Crippen LogP contribution in [0.25, 0.3) is 5.57 Å². The van der Waals surface area contributed by atoms with Gasteiger partial charge in [-0.25, -0.2) is 0 Å². The smallest absolute Gasteiger partial charge is 0.135 e. The van der Waals surface area contributed by atoms with Gasteiger partial charge >= 0.3 is 0 Å². The average molecular weight is 318 g/mol. The number of nitrogens with zero attached hydrogens (tertiary/aromatic N) is 2. The van der Waals surface area contributed by atoms with Crippen molar-refractivity contribution in [3.63, 3.8) is 0 Å². The largest absolute Gasteiger partial charge is 0.464 e. The molecule has 0 fully saturated rings. The van der Waals surface area contributed by atoms with Crippen LogP contribution in [-0.2, 0) is 0 Å². The summed E-state index contributed by atoms with van der Waals surface area (Å²) in [7, 11) is 4.09. The first-order valence-electron chi connectivity index (χ1n) is 8.15. The number of anilines is 1. The Morgan fingerprint density at radius 1 is 1.00 bits per heavy atom. The second-order valence-electron chi connectivity index (χ2n) is 5.81. The molecule has 122 valence electrons. The lowest BCUT2D eigenvalue weighted by molar-refractivity contribution is 0.553. The standard InChI is InChI=1S/C21H22N2O/c1-4-22-18-11-7-16(8-12-18)21(20-6-5-15-24-20)17-9-13-19(14-10-17)23(2)3/h5-15H,4H2,1-3H3. The molecular weight excluding hydrogens is 296 g/mol. The van der Waals surface area contributed by atoms with Crippen LogP contribution in [0, 0.1) is 0 Å². The molecule has 1 aromatic heterocycles. The highest BCUT2D eigenvalue weighted by atomic mass is 16.3. The first kappa shape index (κ1) is 16.1. The van der Waals surface area contributed by atoms with E-state index in [1.54, 1.807) is 6.26 Å². The molecule has 1 aromatic carbocycles. The average Bonchev–Trinajstić information content (AvgIpc) is 3.11. The van der Waals surface area contributed by atoms with Gasteiger partial charge in [-0.1, -0.05) is 24.3 Å². The summed E-state index contributed by atoms with van der Waals surface area (Å²) in [6.45, 7) is 2.83. The van der Waals surface area contributed by atoms with E-state index < -0.39 is 0 Å². The molecule has 0 unspecified atom stereocenters. The fraction of sp³-hybridized carbons (Fsp3) is 0.190. The van der Waals surface area contributed by atoms with Gasteiger partial charge in [-0.2, -0.15) is 0 Å². The maximum Gasteiger partial charge on any atom is 0.135 e. The van der Waals surface area contributed by atoms with Crippen molar-refractivity contribution in [2.24, 2.45) is 4.99 Å². The Labute approximate surface area is 143 Å². The summed E-state index contributed by atoms with van der Waals surface area (Å²) in [6.07, 6.45) is 10.0. The van der Waals surface area contributed by atoms with Crippen LogP contribution in [0.1, 0.15) is 18.2 Å². The molecule has 3 heteroatoms. The van der Waals surface area contributed by atoms with Gasteiger partial charge in [0.15, 0.2) is 0 Å². The Morgan fingerprint density at radius 2 is 1.71 bits per heavy atom. The van der Waals surface area contributed by atoms with Crippen LogP contribution in [0.4, 0.5) is 5.69 Å². The molecule has 1 aliphatic rings. The number of furan rings is 1. The second kappa shape index (κ2) is 7.18. The van der Waals surface area contributed by atoms with E-state index in [-0.39, 0.29) is 0 Å². The van der Waals surface area contributed by atoms with E-state index in [2.05, 4.69) is 58.5 Å². The molecule has 1 aliphatic carbocycles. The van der Waals surface area contributed by atoms with Crippen LogP contribution in [0.15, 0.2) is 81.9 Å². The van der Waals surface area contributed by atoms with Gasteiger partial charge in [0.05, 0.1) is 12.0 Å². The SMILES string of the molecule is CCN=C1C=CC(=C(c2ccc(N(C)C)cc2)c2ccco2)C=C1. The predicted octanol–water partition coefficient (Wildman–Crippen LogP) is 4.73. The molecule has 0 atom stereocenters. The molecule has 0 radical (unpaired) electrons. The zero-order valence-electron chi connectivity index (χ0n) is 14.4. The number of rotatable bonds is 4. The van der Waals surface area contributed by atoms with Crippen LogP contribution in [0.3, 0.4) is 0 Å². The van der Waals surface area contributed by atoms with Gasteiger partial charge in [-0.05, 0) is 54.5 Å². The molecule has 0 N–H and O–H groups in total. The molecule has 2 aromatic rings. The molecule has 0 amide bonds. The summed E-state index contributed by atoms with van der Waals surface area (Å²) in [5.41, 5.74) is 5.53. The third kappa shape index (κ3) is 3.40. The minimum absolute atomic E-state index is 0.792. The van der Waals surface area contributed by atoms with Crippen molar-refractivity contribution < 1.29 is 4.42 Å². The Kier molecular flexibility index (Phi) is 4.80. The van der Waals surface area contributed by atoms with Crippen molar-refractivity contribution in [3.05, 3.63) is 83.9 Å². The minimum Gasteiger partial charge on any atom is -0.464 e. The molecule has 0 spiro atoms. The lowest BCUT2D eigenvalue weighted by atomic mass is 9.94. The fourth-order valence-corrected chi connectivity index (χ4v) is 2.71. The van der Waals surface area contributed by atoms with Crippen LogP contribution in [0.5, 0.6) is 0 Å². The normalized spacial score (nSPS) is 13.3. The maximum atomic E-state index is 5.69. The third-order valence-corrected chi connectivity index (χ3v) is 3.94. The summed E-state index contributed by atoms with van der Waals surface area (Å²) in [5.74, 6) is 0.868. The van der Waals surface area contributed by atoms with Gasteiger partial charge in [0.25, 0.3) is 0 Å². The lowest BCUT2D eigenvalue weighted by Gasteiger charge is -2.15. The summed E-state index contributed by atoms with van der Waals surface area (Å²) < 4.78 is 5.69. The van der Waals surface area contributed by atoms with Crippen molar-refractivity contribution in [1.29, 1.82) is 0 Å². The van der Waals surface area contributed by atoms with Gasteiger partial charge in [0.2, 0.25) is 0 Å². The summed E-state index contributed by atoms with van der Waals surface area (Å²) in [6, 6.07) is 12.4. The van der Waals surface area contributed by atoms with Crippen LogP contribution in [0.2, 0.25) is 0 Å². The lowest BCUT2D eigenvalue weighted by Crippen LogP contribution is -2.08. The van der Waals surface area contributed by atoms with Gasteiger partial charge in [-0.15, -0.1) is 0 Å². The fourth-order valence-electron chi connectivity index (χ4n) is 2.71. The van der Waals surface area contributed by atoms with Crippen molar-refractivity contribution in [2.75, 3.05) is 25.5 Å². The Morgan fingerprint density at radius 3 is 2.25 bits per heavy atom. The van der Waals surface area contributed by atoms with E-state index in [1.165, 1.54) is 5.69 Å². The zero-order chi connectivity index (χ0) is 16.9. The Bertz CT molecular complexity index is 786. The minimum atomic E-state index is 0.792. The number of aliphatic imine (C=N–C) groups is 1. The predicted molar refractivity (Wildman–Crippen MR) is 102 cm³/mol. The van der Waals surface area contributed by atoms with Crippen molar-refractivity contribution >= 4 is 17.0 Å². The molecule has 0 saturated heterocycles. The molecular formula is C21H22N2O. The third-order valence-electron chi connectivity index (χ3n) is 3.94. The molecule has 0 saturated carbocycles. The summed E-state index contributed by atoms with van der Waals surface area (Å²) in [4.78, 5) is 6.53. The van der Waals surface area contributed by atoms with E-state index in [4.69, 9.17) is 4.42 Å². The first-order valence-corrected chi connectivity index (χ1v) is 8.15. The van der Waals surface area contributed by atoms with E-state index in [0.717, 1.165) is 34.7 Å².